The maximum Gasteiger partial charge on any atom is 0.374 e. The first-order valence-corrected chi connectivity index (χ1v) is 7.39. The number of hydrogen-bond acceptors (Lipinski definition) is 7. The van der Waals surface area contributed by atoms with Gasteiger partial charge in [0.15, 0.2) is 17.0 Å². The number of imidazole rings is 1. The standard InChI is InChI=1S/C13H16ClN5O3/c1-3-22-12(20)11-15-8-9(18(11)2)16-13(14)17-10(8)19-4-6-21-7-5-19/h3-7H2,1-2H3. The molecule has 22 heavy (non-hydrogen) atoms. The third-order valence-corrected chi connectivity index (χ3v) is 3.61. The van der Waals surface area contributed by atoms with Crippen molar-refractivity contribution in [3.8, 4) is 0 Å². The van der Waals surface area contributed by atoms with Crippen molar-refractivity contribution in [3.05, 3.63) is 11.1 Å². The summed E-state index contributed by atoms with van der Waals surface area (Å²) in [6.45, 7) is 4.63. The number of aromatic nitrogens is 4. The Morgan fingerprint density at radius 3 is 2.73 bits per heavy atom. The van der Waals surface area contributed by atoms with Gasteiger partial charge in [0.05, 0.1) is 19.8 Å². The van der Waals surface area contributed by atoms with E-state index in [-0.39, 0.29) is 17.7 Å². The van der Waals surface area contributed by atoms with E-state index >= 15 is 0 Å². The van der Waals surface area contributed by atoms with Gasteiger partial charge in [0.1, 0.15) is 0 Å². The molecule has 0 unspecified atom stereocenters. The summed E-state index contributed by atoms with van der Waals surface area (Å²) in [6, 6.07) is 0. The summed E-state index contributed by atoms with van der Waals surface area (Å²) in [5.41, 5.74) is 1.04. The van der Waals surface area contributed by atoms with Crippen LogP contribution in [0, 0.1) is 0 Å². The lowest BCUT2D eigenvalue weighted by Gasteiger charge is -2.27. The Hall–Kier alpha value is -1.93. The van der Waals surface area contributed by atoms with Crippen molar-refractivity contribution in [2.75, 3.05) is 37.8 Å². The molecule has 0 amide bonds. The van der Waals surface area contributed by atoms with E-state index < -0.39 is 5.97 Å². The molecule has 0 aliphatic carbocycles. The largest absolute Gasteiger partial charge is 0.460 e. The van der Waals surface area contributed by atoms with Gasteiger partial charge >= 0.3 is 5.97 Å². The molecule has 118 valence electrons. The number of hydrogen-bond donors (Lipinski definition) is 0. The maximum atomic E-state index is 12.0. The molecule has 0 radical (unpaired) electrons. The van der Waals surface area contributed by atoms with Crippen molar-refractivity contribution in [2.45, 2.75) is 6.92 Å². The number of morpholine rings is 1. The topological polar surface area (TPSA) is 82.4 Å². The first-order chi connectivity index (χ1) is 10.6. The minimum absolute atomic E-state index is 0.118. The normalized spacial score (nSPS) is 15.3. The summed E-state index contributed by atoms with van der Waals surface area (Å²) in [5.74, 6) is 0.305. The molecule has 1 fully saturated rings. The molecule has 3 heterocycles. The number of carbonyl (C=O) groups is 1. The molecule has 1 saturated heterocycles. The number of esters is 1. The van der Waals surface area contributed by atoms with E-state index in [0.717, 1.165) is 0 Å². The highest BCUT2D eigenvalue weighted by atomic mass is 35.5. The van der Waals surface area contributed by atoms with Crippen LogP contribution in [-0.2, 0) is 16.5 Å². The fraction of sp³-hybridized carbons (Fsp3) is 0.538. The molecule has 0 N–H and O–H groups in total. The van der Waals surface area contributed by atoms with Gasteiger partial charge in [-0.1, -0.05) is 0 Å². The first kappa shape index (κ1) is 15.0. The van der Waals surface area contributed by atoms with Crippen molar-refractivity contribution in [1.82, 2.24) is 19.5 Å². The van der Waals surface area contributed by atoms with Gasteiger partial charge in [0, 0.05) is 20.1 Å². The van der Waals surface area contributed by atoms with Crippen LogP contribution < -0.4 is 4.90 Å². The number of ether oxygens (including phenoxy) is 2. The van der Waals surface area contributed by atoms with Crippen molar-refractivity contribution >= 4 is 34.6 Å². The average Bonchev–Trinajstić information content (AvgIpc) is 2.85. The summed E-state index contributed by atoms with van der Waals surface area (Å²) in [7, 11) is 1.70. The number of rotatable bonds is 3. The predicted octanol–water partition coefficient (Wildman–Crippen LogP) is 1.03. The quantitative estimate of drug-likeness (QED) is 0.615. The van der Waals surface area contributed by atoms with Gasteiger partial charge in [-0.3, -0.25) is 0 Å². The molecule has 1 aliphatic heterocycles. The monoisotopic (exact) mass is 325 g/mol. The third-order valence-electron chi connectivity index (χ3n) is 3.44. The van der Waals surface area contributed by atoms with Gasteiger partial charge in [-0.25, -0.2) is 9.78 Å². The highest BCUT2D eigenvalue weighted by Gasteiger charge is 2.24. The molecule has 0 bridgehead atoms. The van der Waals surface area contributed by atoms with E-state index in [1.807, 2.05) is 4.90 Å². The van der Waals surface area contributed by atoms with Crippen LogP contribution in [-0.4, -0.2) is 58.4 Å². The number of fused-ring (bicyclic) bond motifs is 1. The van der Waals surface area contributed by atoms with Gasteiger partial charge < -0.3 is 18.9 Å². The van der Waals surface area contributed by atoms with E-state index in [1.165, 1.54) is 0 Å². The molecule has 0 atom stereocenters. The summed E-state index contributed by atoms with van der Waals surface area (Å²) in [6.07, 6.45) is 0. The Morgan fingerprint density at radius 2 is 2.05 bits per heavy atom. The summed E-state index contributed by atoms with van der Waals surface area (Å²) in [4.78, 5) is 26.9. The Labute approximate surface area is 132 Å². The van der Waals surface area contributed by atoms with Crippen molar-refractivity contribution < 1.29 is 14.3 Å². The molecule has 1 aliphatic rings. The van der Waals surface area contributed by atoms with Crippen molar-refractivity contribution in [2.24, 2.45) is 7.05 Å². The minimum atomic E-state index is -0.493. The number of halogens is 1. The average molecular weight is 326 g/mol. The van der Waals surface area contributed by atoms with E-state index in [1.54, 1.807) is 18.5 Å². The van der Waals surface area contributed by atoms with Crippen LogP contribution in [0.4, 0.5) is 5.82 Å². The first-order valence-electron chi connectivity index (χ1n) is 7.01. The van der Waals surface area contributed by atoms with Crippen LogP contribution in [0.1, 0.15) is 17.5 Å². The van der Waals surface area contributed by atoms with Crippen LogP contribution in [0.25, 0.3) is 11.2 Å². The Balaban J connectivity index is 2.12. The lowest BCUT2D eigenvalue weighted by molar-refractivity contribution is 0.0508. The van der Waals surface area contributed by atoms with E-state index in [9.17, 15) is 4.79 Å². The minimum Gasteiger partial charge on any atom is -0.460 e. The van der Waals surface area contributed by atoms with E-state index in [4.69, 9.17) is 21.1 Å². The predicted molar refractivity (Wildman–Crippen MR) is 80.3 cm³/mol. The Morgan fingerprint density at radius 1 is 1.32 bits per heavy atom. The highest BCUT2D eigenvalue weighted by Crippen LogP contribution is 2.26. The van der Waals surface area contributed by atoms with Crippen LogP contribution in [0.2, 0.25) is 5.28 Å². The highest BCUT2D eigenvalue weighted by molar-refractivity contribution is 6.28. The number of nitrogens with zero attached hydrogens (tertiary/aromatic N) is 5. The van der Waals surface area contributed by atoms with Crippen molar-refractivity contribution in [3.63, 3.8) is 0 Å². The molecular formula is C13H16ClN5O3. The zero-order chi connectivity index (χ0) is 15.7. The molecule has 0 spiro atoms. The second-order valence-electron chi connectivity index (χ2n) is 4.80. The lowest BCUT2D eigenvalue weighted by Crippen LogP contribution is -2.37. The van der Waals surface area contributed by atoms with Crippen LogP contribution in [0.3, 0.4) is 0 Å². The van der Waals surface area contributed by atoms with Gasteiger partial charge in [0.2, 0.25) is 11.1 Å². The number of carbonyl (C=O) groups excluding carboxylic acids is 1. The lowest BCUT2D eigenvalue weighted by atomic mass is 10.4. The maximum absolute atomic E-state index is 12.0. The van der Waals surface area contributed by atoms with Crippen molar-refractivity contribution in [1.29, 1.82) is 0 Å². The molecule has 0 aromatic carbocycles. The number of aryl methyl sites for hydroxylation is 1. The fourth-order valence-corrected chi connectivity index (χ4v) is 2.55. The zero-order valence-electron chi connectivity index (χ0n) is 12.4. The molecule has 2 aromatic heterocycles. The molecule has 9 heteroatoms. The molecule has 8 nitrogen and oxygen atoms in total. The zero-order valence-corrected chi connectivity index (χ0v) is 13.1. The Bertz CT molecular complexity index is 711. The summed E-state index contributed by atoms with van der Waals surface area (Å²) < 4.78 is 11.9. The van der Waals surface area contributed by atoms with Gasteiger partial charge in [-0.2, -0.15) is 9.97 Å². The van der Waals surface area contributed by atoms with E-state index in [2.05, 4.69) is 15.0 Å². The van der Waals surface area contributed by atoms with Gasteiger partial charge in [-0.15, -0.1) is 0 Å². The molecule has 3 rings (SSSR count). The third kappa shape index (κ3) is 2.59. The van der Waals surface area contributed by atoms with Gasteiger partial charge in [0.25, 0.3) is 0 Å². The van der Waals surface area contributed by atoms with Crippen LogP contribution in [0.15, 0.2) is 0 Å². The molecule has 2 aromatic rings. The second-order valence-corrected chi connectivity index (χ2v) is 5.14. The SMILES string of the molecule is CCOC(=O)c1nc2c(N3CCOCC3)nc(Cl)nc2n1C. The summed E-state index contributed by atoms with van der Waals surface area (Å²) >= 11 is 6.03. The number of anilines is 1. The summed E-state index contributed by atoms with van der Waals surface area (Å²) in [5, 5.41) is 0.118. The molecule has 0 saturated carbocycles. The smallest absolute Gasteiger partial charge is 0.374 e. The van der Waals surface area contributed by atoms with Gasteiger partial charge in [-0.05, 0) is 18.5 Å². The van der Waals surface area contributed by atoms with E-state index in [0.29, 0.717) is 43.3 Å². The van der Waals surface area contributed by atoms with Crippen LogP contribution in [0.5, 0.6) is 0 Å². The second kappa shape index (κ2) is 6.05. The Kier molecular flexibility index (Phi) is 4.12. The van der Waals surface area contributed by atoms with Crippen LogP contribution >= 0.6 is 11.6 Å². The molecular weight excluding hydrogens is 310 g/mol. The fourth-order valence-electron chi connectivity index (χ4n) is 2.39.